The molecule has 0 aliphatic carbocycles. The van der Waals surface area contributed by atoms with Gasteiger partial charge in [-0.15, -0.1) is 0 Å². The molecule has 8 nitrogen and oxygen atoms in total. The molecule has 0 aliphatic heterocycles. The Hall–Kier alpha value is -4.46. The number of carbonyl (C=O) groups excluding carboxylic acids is 1. The largest absolute Gasteiger partial charge is 0.507 e. The van der Waals surface area contributed by atoms with Crippen LogP contribution >= 0.6 is 0 Å². The molecule has 2 N–H and O–H groups in total. The quantitative estimate of drug-likeness (QED) is 0.213. The maximum absolute atomic E-state index is 11.9. The molecule has 1 unspecified atom stereocenters. The van der Waals surface area contributed by atoms with Gasteiger partial charge in [-0.25, -0.2) is 15.0 Å². The van der Waals surface area contributed by atoms with E-state index in [2.05, 4.69) is 15.0 Å². The number of carbonyl (C=O) groups is 1. The Morgan fingerprint density at radius 3 is 1.84 bits per heavy atom. The molecule has 1 heterocycles. The summed E-state index contributed by atoms with van der Waals surface area (Å²) >= 11 is 0. The molecule has 0 fully saturated rings. The van der Waals surface area contributed by atoms with Crippen molar-refractivity contribution in [3.63, 3.8) is 0 Å². The van der Waals surface area contributed by atoms with Crippen LogP contribution in [0.2, 0.25) is 0 Å². The van der Waals surface area contributed by atoms with Crippen LogP contribution < -0.4 is 4.74 Å². The summed E-state index contributed by atoms with van der Waals surface area (Å²) in [7, 11) is 0. The minimum atomic E-state index is -0.273. The number of esters is 1. The zero-order valence-electron chi connectivity index (χ0n) is 20.8. The molecule has 3 aromatic carbocycles. The Balaban J connectivity index is 1.59. The molecule has 0 saturated heterocycles. The second-order valence-electron chi connectivity index (χ2n) is 8.58. The van der Waals surface area contributed by atoms with E-state index in [1.54, 1.807) is 0 Å². The van der Waals surface area contributed by atoms with Gasteiger partial charge in [0.1, 0.15) is 36.0 Å². The summed E-state index contributed by atoms with van der Waals surface area (Å²) in [6.45, 7) is 3.97. The average Bonchev–Trinajstić information content (AvgIpc) is 2.91. The topological polar surface area (TPSA) is 115 Å². The van der Waals surface area contributed by atoms with E-state index in [1.165, 1.54) is 12.1 Å². The lowest BCUT2D eigenvalue weighted by molar-refractivity contribution is -0.148. The van der Waals surface area contributed by atoms with Crippen molar-refractivity contribution in [2.45, 2.75) is 26.7 Å². The zero-order valence-corrected chi connectivity index (χ0v) is 20.8. The van der Waals surface area contributed by atoms with Crippen LogP contribution in [0.3, 0.4) is 0 Å². The highest BCUT2D eigenvalue weighted by Gasteiger charge is 2.19. The number of ether oxygens (including phenoxy) is 2. The molecule has 0 radical (unpaired) electrons. The highest BCUT2D eigenvalue weighted by Crippen LogP contribution is 2.40. The van der Waals surface area contributed by atoms with E-state index in [0.717, 1.165) is 24.0 Å². The van der Waals surface area contributed by atoms with Gasteiger partial charge in [0, 0.05) is 23.3 Å². The first-order chi connectivity index (χ1) is 18.0. The molecular weight excluding hydrogens is 470 g/mol. The van der Waals surface area contributed by atoms with Crippen LogP contribution in [0.25, 0.3) is 34.2 Å². The maximum Gasteiger partial charge on any atom is 0.308 e. The first kappa shape index (κ1) is 25.6. The summed E-state index contributed by atoms with van der Waals surface area (Å²) in [6.07, 6.45) is 1.66. The molecule has 0 bridgehead atoms. The Bertz CT molecular complexity index is 1270. The normalized spacial score (nSPS) is 11.6. The minimum absolute atomic E-state index is 0.0592. The lowest BCUT2D eigenvalue weighted by Gasteiger charge is -2.13. The number of benzene rings is 3. The van der Waals surface area contributed by atoms with Gasteiger partial charge in [0.05, 0.1) is 5.92 Å². The SMILES string of the molecule is CCCC(C)C(=O)OCCOc1cc(O)c(-c2nc(-c3ccccc3)nc(-c3ccccc3)n2)c(O)c1. The minimum Gasteiger partial charge on any atom is -0.507 e. The number of phenolic OH excluding ortho intramolecular Hbond substituents is 2. The number of aromatic hydroxyl groups is 2. The molecule has 0 amide bonds. The monoisotopic (exact) mass is 499 g/mol. The fourth-order valence-corrected chi connectivity index (χ4v) is 3.81. The van der Waals surface area contributed by atoms with Crippen LogP contribution in [0.1, 0.15) is 26.7 Å². The van der Waals surface area contributed by atoms with Crippen LogP contribution in [-0.4, -0.2) is 44.3 Å². The van der Waals surface area contributed by atoms with Crippen LogP contribution in [0.4, 0.5) is 0 Å². The number of phenols is 2. The number of nitrogens with zero attached hydrogens (tertiary/aromatic N) is 3. The van der Waals surface area contributed by atoms with Gasteiger partial charge in [-0.05, 0) is 6.42 Å². The molecule has 37 heavy (non-hydrogen) atoms. The summed E-state index contributed by atoms with van der Waals surface area (Å²) in [5.41, 5.74) is 1.60. The summed E-state index contributed by atoms with van der Waals surface area (Å²) in [5.74, 6) is 0.195. The number of hydrogen-bond acceptors (Lipinski definition) is 8. The zero-order chi connectivity index (χ0) is 26.2. The Morgan fingerprint density at radius 1 is 0.811 bits per heavy atom. The van der Waals surface area contributed by atoms with Crippen molar-refractivity contribution in [1.29, 1.82) is 0 Å². The smallest absolute Gasteiger partial charge is 0.308 e. The first-order valence-electron chi connectivity index (χ1n) is 12.2. The van der Waals surface area contributed by atoms with Gasteiger partial charge in [-0.3, -0.25) is 4.79 Å². The first-order valence-corrected chi connectivity index (χ1v) is 12.2. The summed E-state index contributed by atoms with van der Waals surface area (Å²) in [6, 6.07) is 21.5. The maximum atomic E-state index is 11.9. The highest BCUT2D eigenvalue weighted by atomic mass is 16.6. The lowest BCUT2D eigenvalue weighted by Crippen LogP contribution is -2.18. The molecule has 1 aromatic heterocycles. The lowest BCUT2D eigenvalue weighted by atomic mass is 10.1. The van der Waals surface area contributed by atoms with E-state index in [-0.39, 0.29) is 53.7 Å². The van der Waals surface area contributed by atoms with Crippen LogP contribution in [-0.2, 0) is 9.53 Å². The van der Waals surface area contributed by atoms with Crippen molar-refractivity contribution in [2.24, 2.45) is 5.92 Å². The van der Waals surface area contributed by atoms with Gasteiger partial charge in [-0.2, -0.15) is 0 Å². The van der Waals surface area contributed by atoms with E-state index < -0.39 is 0 Å². The van der Waals surface area contributed by atoms with Crippen molar-refractivity contribution in [1.82, 2.24) is 15.0 Å². The van der Waals surface area contributed by atoms with E-state index >= 15 is 0 Å². The van der Waals surface area contributed by atoms with Crippen LogP contribution in [0.5, 0.6) is 17.2 Å². The van der Waals surface area contributed by atoms with Crippen molar-refractivity contribution in [3.8, 4) is 51.4 Å². The Kier molecular flexibility index (Phi) is 8.30. The van der Waals surface area contributed by atoms with Crippen molar-refractivity contribution in [3.05, 3.63) is 72.8 Å². The third kappa shape index (κ3) is 6.41. The summed E-state index contributed by atoms with van der Waals surface area (Å²) in [4.78, 5) is 25.6. The van der Waals surface area contributed by atoms with Crippen molar-refractivity contribution >= 4 is 5.97 Å². The van der Waals surface area contributed by atoms with Gasteiger partial charge in [0.15, 0.2) is 17.5 Å². The predicted octanol–water partition coefficient (Wildman–Crippen LogP) is 5.64. The van der Waals surface area contributed by atoms with Crippen LogP contribution in [0.15, 0.2) is 72.8 Å². The van der Waals surface area contributed by atoms with Crippen molar-refractivity contribution < 1.29 is 24.5 Å². The molecule has 1 atom stereocenters. The summed E-state index contributed by atoms with van der Waals surface area (Å²) in [5, 5.41) is 21.6. The highest BCUT2D eigenvalue weighted by molar-refractivity contribution is 5.75. The number of hydrogen-bond donors (Lipinski definition) is 2. The fourth-order valence-electron chi connectivity index (χ4n) is 3.81. The summed E-state index contributed by atoms with van der Waals surface area (Å²) < 4.78 is 10.8. The number of aromatic nitrogens is 3. The molecule has 4 rings (SSSR count). The predicted molar refractivity (Wildman–Crippen MR) is 140 cm³/mol. The molecular formula is C29H29N3O5. The molecule has 0 spiro atoms. The van der Waals surface area contributed by atoms with E-state index in [1.807, 2.05) is 74.5 Å². The van der Waals surface area contributed by atoms with Gasteiger partial charge in [-0.1, -0.05) is 80.9 Å². The standard InChI is InChI=1S/C29H29N3O5/c1-3-10-19(2)29(35)37-16-15-36-22-17-23(33)25(24(34)18-22)28-31-26(20-11-6-4-7-12-20)30-27(32-28)21-13-8-5-9-14-21/h4-9,11-14,17-19,33-34H,3,10,15-16H2,1-2H3. The van der Waals surface area contributed by atoms with Gasteiger partial charge in [0.25, 0.3) is 0 Å². The third-order valence-electron chi connectivity index (χ3n) is 5.71. The molecule has 8 heteroatoms. The van der Waals surface area contributed by atoms with E-state index in [0.29, 0.717) is 11.6 Å². The Morgan fingerprint density at radius 2 is 1.32 bits per heavy atom. The molecule has 0 saturated carbocycles. The molecule has 0 aliphatic rings. The van der Waals surface area contributed by atoms with Crippen molar-refractivity contribution in [2.75, 3.05) is 13.2 Å². The van der Waals surface area contributed by atoms with Crippen LogP contribution in [0, 0.1) is 5.92 Å². The van der Waals surface area contributed by atoms with Gasteiger partial charge in [0.2, 0.25) is 0 Å². The fraction of sp³-hybridized carbons (Fsp3) is 0.241. The Labute approximate surface area is 215 Å². The molecule has 4 aromatic rings. The second kappa shape index (κ2) is 12.0. The van der Waals surface area contributed by atoms with Gasteiger partial charge >= 0.3 is 5.97 Å². The number of rotatable bonds is 10. The third-order valence-corrected chi connectivity index (χ3v) is 5.71. The second-order valence-corrected chi connectivity index (χ2v) is 8.58. The van der Waals surface area contributed by atoms with Gasteiger partial charge < -0.3 is 19.7 Å². The molecule has 190 valence electrons. The average molecular weight is 500 g/mol. The van der Waals surface area contributed by atoms with E-state index in [4.69, 9.17) is 9.47 Å². The van der Waals surface area contributed by atoms with E-state index in [9.17, 15) is 15.0 Å².